The van der Waals surface area contributed by atoms with Crippen LogP contribution in [0.15, 0.2) is 54.6 Å². The van der Waals surface area contributed by atoms with E-state index in [9.17, 15) is 24.8 Å². The number of urea groups is 1. The molecule has 3 aromatic carbocycles. The number of nitrogen functional groups attached to an aromatic ring is 2. The Kier molecular flexibility index (Phi) is 8.98. The first-order valence-electron chi connectivity index (χ1n) is 14.5. The van der Waals surface area contributed by atoms with Gasteiger partial charge in [-0.1, -0.05) is 58.8 Å². The summed E-state index contributed by atoms with van der Waals surface area (Å²) in [7, 11) is 0. The number of benzene rings is 3. The largest absolute Gasteiger partial charge is 0.506 e. The number of amides is 4. The minimum Gasteiger partial charge on any atom is -0.506 e. The van der Waals surface area contributed by atoms with Crippen LogP contribution in [0.5, 0.6) is 5.75 Å². The molecular weight excluding hydrogens is 665 g/mol. The molecular formula is C31H29Cl2N9O4S. The molecule has 2 atom stereocenters. The lowest BCUT2D eigenvalue weighted by atomic mass is 9.99. The van der Waals surface area contributed by atoms with Gasteiger partial charge in [-0.25, -0.2) is 14.8 Å². The number of thiazole rings is 1. The molecule has 0 unspecified atom stereocenters. The van der Waals surface area contributed by atoms with Gasteiger partial charge in [0.15, 0.2) is 5.13 Å². The van der Waals surface area contributed by atoms with E-state index in [0.717, 1.165) is 10.3 Å². The van der Waals surface area contributed by atoms with Crippen molar-refractivity contribution in [3.05, 3.63) is 81.3 Å². The Morgan fingerprint density at radius 2 is 1.91 bits per heavy atom. The van der Waals surface area contributed by atoms with Crippen LogP contribution in [0.1, 0.15) is 16.7 Å². The van der Waals surface area contributed by atoms with E-state index in [4.69, 9.17) is 34.7 Å². The molecule has 4 amide bonds. The standard InChI is InChI=1S/C31H29Cl2N9O4S/c32-20-6-4-18(10-21(20)33)13-37-31(46)40(9-8-34)41-16-27(44)42-23(12-17-5-7-24(43)22(35)11-17)29(45)39(15-26(41)42)14-19-2-1-3-25-28(19)38-30(36)47-25/h1-7,10-11,23,26,43H,9,12-16,35H2,(H2,36,38)(H,37,46)/t23-,26+/m0/s1. The number of hydrogen-bond donors (Lipinski definition) is 4. The Balaban J connectivity index is 1.32. The van der Waals surface area contributed by atoms with Crippen LogP contribution in [0.2, 0.25) is 10.0 Å². The highest BCUT2D eigenvalue weighted by molar-refractivity contribution is 7.22. The van der Waals surface area contributed by atoms with Crippen molar-refractivity contribution in [3.8, 4) is 11.8 Å². The molecule has 6 rings (SSSR count). The molecule has 6 N–H and O–H groups in total. The van der Waals surface area contributed by atoms with E-state index >= 15 is 0 Å². The van der Waals surface area contributed by atoms with Gasteiger partial charge in [-0.15, -0.1) is 0 Å². The molecule has 16 heteroatoms. The van der Waals surface area contributed by atoms with Crippen molar-refractivity contribution in [1.29, 1.82) is 5.26 Å². The second kappa shape index (κ2) is 13.1. The number of phenolic OH excluding ortho intramolecular Hbond substituents is 1. The molecule has 0 radical (unpaired) electrons. The molecule has 0 saturated carbocycles. The number of phenols is 1. The smallest absolute Gasteiger partial charge is 0.333 e. The monoisotopic (exact) mass is 693 g/mol. The number of nitrogens with two attached hydrogens (primary N) is 2. The Morgan fingerprint density at radius 1 is 1.13 bits per heavy atom. The number of nitrogens with zero attached hydrogens (tertiary/aromatic N) is 6. The summed E-state index contributed by atoms with van der Waals surface area (Å²) in [5.41, 5.74) is 14.8. The van der Waals surface area contributed by atoms with Gasteiger partial charge < -0.3 is 31.7 Å². The summed E-state index contributed by atoms with van der Waals surface area (Å²) >= 11 is 13.5. The van der Waals surface area contributed by atoms with Crippen molar-refractivity contribution in [2.75, 3.05) is 31.1 Å². The first kappa shape index (κ1) is 32.1. The van der Waals surface area contributed by atoms with Crippen LogP contribution in [0, 0.1) is 11.3 Å². The number of rotatable bonds is 8. The van der Waals surface area contributed by atoms with Gasteiger partial charge in [-0.2, -0.15) is 10.3 Å². The van der Waals surface area contributed by atoms with E-state index in [1.54, 1.807) is 35.2 Å². The Bertz CT molecular complexity index is 1930. The van der Waals surface area contributed by atoms with E-state index < -0.39 is 18.2 Å². The van der Waals surface area contributed by atoms with E-state index in [2.05, 4.69) is 10.3 Å². The molecule has 47 heavy (non-hydrogen) atoms. The molecule has 2 aliphatic rings. The molecule has 242 valence electrons. The van der Waals surface area contributed by atoms with Gasteiger partial charge in [0.1, 0.15) is 24.5 Å². The quantitative estimate of drug-likeness (QED) is 0.122. The number of piperazine rings is 1. The number of anilines is 2. The van der Waals surface area contributed by atoms with Gasteiger partial charge in [0.05, 0.1) is 45.1 Å². The summed E-state index contributed by atoms with van der Waals surface area (Å²) in [6.07, 6.45) is -0.672. The maximum Gasteiger partial charge on any atom is 0.333 e. The van der Waals surface area contributed by atoms with E-state index in [-0.39, 0.29) is 62.4 Å². The van der Waals surface area contributed by atoms with Crippen molar-refractivity contribution in [1.82, 2.24) is 30.1 Å². The molecule has 0 bridgehead atoms. The Labute approximate surface area is 283 Å². The Morgan fingerprint density at radius 3 is 2.66 bits per heavy atom. The van der Waals surface area contributed by atoms with Crippen molar-refractivity contribution in [2.45, 2.75) is 31.7 Å². The fourth-order valence-electron chi connectivity index (χ4n) is 5.97. The van der Waals surface area contributed by atoms with Crippen LogP contribution < -0.4 is 16.8 Å². The third-order valence-electron chi connectivity index (χ3n) is 8.16. The first-order valence-corrected chi connectivity index (χ1v) is 16.0. The van der Waals surface area contributed by atoms with E-state index in [1.165, 1.54) is 32.3 Å². The van der Waals surface area contributed by atoms with Crippen molar-refractivity contribution in [2.24, 2.45) is 0 Å². The zero-order chi connectivity index (χ0) is 33.4. The van der Waals surface area contributed by atoms with Crippen molar-refractivity contribution < 1.29 is 19.5 Å². The molecule has 13 nitrogen and oxygen atoms in total. The topological polar surface area (TPSA) is 185 Å². The lowest BCUT2D eigenvalue weighted by Gasteiger charge is -2.46. The van der Waals surface area contributed by atoms with Crippen LogP contribution >= 0.6 is 34.5 Å². The second-order valence-electron chi connectivity index (χ2n) is 11.1. The number of hydrogen-bond acceptors (Lipinski definition) is 10. The van der Waals surface area contributed by atoms with Crippen molar-refractivity contribution in [3.63, 3.8) is 0 Å². The molecule has 0 spiro atoms. The fourth-order valence-corrected chi connectivity index (χ4v) is 7.07. The van der Waals surface area contributed by atoms with Gasteiger partial charge in [0.25, 0.3) is 0 Å². The van der Waals surface area contributed by atoms with Gasteiger partial charge in [0.2, 0.25) is 11.8 Å². The summed E-state index contributed by atoms with van der Waals surface area (Å²) in [6.45, 7) is -0.280. The average Bonchev–Trinajstić information content (AvgIpc) is 3.59. The summed E-state index contributed by atoms with van der Waals surface area (Å²) in [4.78, 5) is 49.0. The SMILES string of the molecule is N#CCN(C(=O)NCc1ccc(Cl)c(Cl)c1)N1CC(=O)N2[C@@H](Cc3ccc(O)c(N)c3)C(=O)N(Cc3cccc4sc(N)nc34)C[C@@H]21. The van der Waals surface area contributed by atoms with Crippen LogP contribution in [-0.2, 0) is 29.1 Å². The number of fused-ring (bicyclic) bond motifs is 2. The number of carbonyl (C=O) groups excluding carboxylic acids is 3. The summed E-state index contributed by atoms with van der Waals surface area (Å²) < 4.78 is 0.874. The molecule has 2 saturated heterocycles. The molecule has 3 heterocycles. The molecule has 0 aliphatic carbocycles. The van der Waals surface area contributed by atoms with E-state index in [0.29, 0.717) is 31.8 Å². The zero-order valence-electron chi connectivity index (χ0n) is 24.8. The lowest BCUT2D eigenvalue weighted by molar-refractivity contribution is -0.157. The van der Waals surface area contributed by atoms with Crippen LogP contribution in [-0.4, -0.2) is 79.6 Å². The predicted octanol–water partition coefficient (Wildman–Crippen LogP) is 3.55. The summed E-state index contributed by atoms with van der Waals surface area (Å²) in [5, 5.41) is 26.3. The maximum absolute atomic E-state index is 14.2. The maximum atomic E-state index is 14.2. The third-order valence-corrected chi connectivity index (χ3v) is 9.75. The molecule has 2 aliphatic heterocycles. The highest BCUT2D eigenvalue weighted by Gasteiger charge is 2.52. The number of aromatic nitrogens is 1. The van der Waals surface area contributed by atoms with E-state index in [1.807, 2.05) is 24.3 Å². The minimum absolute atomic E-state index is 0.0524. The number of aromatic hydroxyl groups is 1. The number of carbonyl (C=O) groups is 3. The number of para-hydroxylation sites is 1. The van der Waals surface area contributed by atoms with Gasteiger partial charge in [0, 0.05) is 19.5 Å². The molecule has 4 aromatic rings. The first-order chi connectivity index (χ1) is 22.5. The number of nitrogens with one attached hydrogen (secondary N) is 1. The summed E-state index contributed by atoms with van der Waals surface area (Å²) in [5.74, 6) is -0.783. The number of hydrazine groups is 1. The van der Waals surface area contributed by atoms with Crippen molar-refractivity contribution >= 4 is 73.4 Å². The van der Waals surface area contributed by atoms with Crippen LogP contribution in [0.3, 0.4) is 0 Å². The van der Waals surface area contributed by atoms with Crippen LogP contribution in [0.4, 0.5) is 15.6 Å². The predicted molar refractivity (Wildman–Crippen MR) is 178 cm³/mol. The number of nitriles is 1. The lowest BCUT2D eigenvalue weighted by Crippen LogP contribution is -2.66. The normalized spacial score (nSPS) is 18.0. The van der Waals surface area contributed by atoms with Crippen LogP contribution in [0.25, 0.3) is 10.2 Å². The Hall–Kier alpha value is -4.81. The van der Waals surface area contributed by atoms with Gasteiger partial charge in [-0.05, 0) is 47.0 Å². The molecule has 2 fully saturated rings. The second-order valence-corrected chi connectivity index (χ2v) is 13.0. The van der Waals surface area contributed by atoms with Gasteiger partial charge >= 0.3 is 6.03 Å². The minimum atomic E-state index is -0.960. The average molecular weight is 695 g/mol. The molecule has 1 aromatic heterocycles. The highest BCUT2D eigenvalue weighted by atomic mass is 35.5. The zero-order valence-corrected chi connectivity index (χ0v) is 27.1. The number of halogens is 2. The summed E-state index contributed by atoms with van der Waals surface area (Å²) in [6, 6.07) is 15.7. The highest BCUT2D eigenvalue weighted by Crippen LogP contribution is 2.33. The van der Waals surface area contributed by atoms with Gasteiger partial charge in [-0.3, -0.25) is 9.59 Å². The fraction of sp³-hybridized carbons (Fsp3) is 0.258. The third kappa shape index (κ3) is 6.43.